The molecule has 0 radical (unpaired) electrons. The van der Waals surface area contributed by atoms with Crippen molar-refractivity contribution in [1.82, 2.24) is 15.8 Å². The van der Waals surface area contributed by atoms with Crippen LogP contribution in [0.1, 0.15) is 35.1 Å². The minimum Gasteiger partial charge on any atom is -0.496 e. The topological polar surface area (TPSA) is 71.7 Å². The molecular weight excluding hydrogens is 316 g/mol. The van der Waals surface area contributed by atoms with Crippen LogP contribution in [0.15, 0.2) is 27.7 Å². The Morgan fingerprint density at radius 3 is 2.68 bits per heavy atom. The molecule has 2 N–H and O–H groups in total. The van der Waals surface area contributed by atoms with Gasteiger partial charge in [-0.3, -0.25) is 0 Å². The first-order valence-electron chi connectivity index (χ1n) is 8.62. The highest BCUT2D eigenvalue weighted by molar-refractivity contribution is 5.79. The summed E-state index contributed by atoms with van der Waals surface area (Å²) >= 11 is 0. The number of rotatable bonds is 7. The number of nitrogens with one attached hydrogen (secondary N) is 2. The number of aliphatic imine (C=N–C) groups is 1. The molecule has 0 aliphatic heterocycles. The van der Waals surface area contributed by atoms with Gasteiger partial charge in [-0.25, -0.2) is 4.99 Å². The standard InChI is InChI=1S/C19H28N4O2/c1-6-20-19(21-10-9-17-14(3)23-25-15(17)4)22-12-16-8-7-13(2)11-18(16)24-5/h7-8,11H,6,9-10,12H2,1-5H3,(H2,20,21,22). The van der Waals surface area contributed by atoms with Crippen molar-refractivity contribution < 1.29 is 9.26 Å². The van der Waals surface area contributed by atoms with Gasteiger partial charge in [0.1, 0.15) is 11.5 Å². The Kier molecular flexibility index (Phi) is 6.86. The highest BCUT2D eigenvalue weighted by atomic mass is 16.5. The molecule has 6 nitrogen and oxygen atoms in total. The van der Waals surface area contributed by atoms with E-state index in [9.17, 15) is 0 Å². The van der Waals surface area contributed by atoms with Crippen molar-refractivity contribution in [3.05, 3.63) is 46.3 Å². The zero-order valence-electron chi connectivity index (χ0n) is 15.8. The van der Waals surface area contributed by atoms with E-state index in [1.54, 1.807) is 7.11 Å². The molecule has 0 saturated heterocycles. The fraction of sp³-hybridized carbons (Fsp3) is 0.474. The summed E-state index contributed by atoms with van der Waals surface area (Å²) in [5.41, 5.74) is 4.35. The summed E-state index contributed by atoms with van der Waals surface area (Å²) in [5, 5.41) is 10.6. The van der Waals surface area contributed by atoms with Crippen molar-refractivity contribution in [3.63, 3.8) is 0 Å². The van der Waals surface area contributed by atoms with Crippen LogP contribution in [0.25, 0.3) is 0 Å². The zero-order chi connectivity index (χ0) is 18.2. The summed E-state index contributed by atoms with van der Waals surface area (Å²) in [4.78, 5) is 4.66. The molecule has 0 fully saturated rings. The zero-order valence-corrected chi connectivity index (χ0v) is 15.8. The van der Waals surface area contributed by atoms with Crippen molar-refractivity contribution in [2.75, 3.05) is 20.2 Å². The summed E-state index contributed by atoms with van der Waals surface area (Å²) in [6.45, 7) is 10.1. The highest BCUT2D eigenvalue weighted by Crippen LogP contribution is 2.20. The third-order valence-corrected chi connectivity index (χ3v) is 4.04. The van der Waals surface area contributed by atoms with Gasteiger partial charge in [-0.2, -0.15) is 0 Å². The van der Waals surface area contributed by atoms with E-state index >= 15 is 0 Å². The lowest BCUT2D eigenvalue weighted by molar-refractivity contribution is 0.392. The molecular formula is C19H28N4O2. The molecule has 2 aromatic rings. The van der Waals surface area contributed by atoms with E-state index < -0.39 is 0 Å². The van der Waals surface area contributed by atoms with Crippen LogP contribution in [-0.4, -0.2) is 31.3 Å². The van der Waals surface area contributed by atoms with Crippen LogP contribution in [0, 0.1) is 20.8 Å². The average Bonchev–Trinajstić information content (AvgIpc) is 2.92. The molecule has 0 atom stereocenters. The summed E-state index contributed by atoms with van der Waals surface area (Å²) in [7, 11) is 1.69. The van der Waals surface area contributed by atoms with Gasteiger partial charge in [0.2, 0.25) is 0 Å². The van der Waals surface area contributed by atoms with Crippen LogP contribution in [0.3, 0.4) is 0 Å². The van der Waals surface area contributed by atoms with E-state index in [4.69, 9.17) is 9.26 Å². The molecule has 0 bridgehead atoms. The maximum Gasteiger partial charge on any atom is 0.191 e. The van der Waals surface area contributed by atoms with Gasteiger partial charge < -0.3 is 19.9 Å². The summed E-state index contributed by atoms with van der Waals surface area (Å²) in [5.74, 6) is 2.54. The predicted octanol–water partition coefficient (Wildman–Crippen LogP) is 2.91. The Balaban J connectivity index is 1.98. The number of nitrogens with zero attached hydrogens (tertiary/aromatic N) is 2. The van der Waals surface area contributed by atoms with E-state index in [-0.39, 0.29) is 0 Å². The van der Waals surface area contributed by atoms with Crippen molar-refractivity contribution in [1.29, 1.82) is 0 Å². The molecule has 0 amide bonds. The Morgan fingerprint density at radius 2 is 2.04 bits per heavy atom. The molecule has 1 aromatic carbocycles. The van der Waals surface area contributed by atoms with Crippen molar-refractivity contribution in [2.45, 2.75) is 40.7 Å². The fourth-order valence-corrected chi connectivity index (χ4v) is 2.65. The lowest BCUT2D eigenvalue weighted by atomic mass is 10.1. The largest absolute Gasteiger partial charge is 0.496 e. The molecule has 0 aliphatic rings. The molecule has 0 aliphatic carbocycles. The van der Waals surface area contributed by atoms with Crippen LogP contribution in [0.4, 0.5) is 0 Å². The van der Waals surface area contributed by atoms with Gasteiger partial charge in [0.05, 0.1) is 19.3 Å². The van der Waals surface area contributed by atoms with Gasteiger partial charge in [0.25, 0.3) is 0 Å². The van der Waals surface area contributed by atoms with E-state index in [0.29, 0.717) is 6.54 Å². The van der Waals surface area contributed by atoms with Crippen molar-refractivity contribution in [2.24, 2.45) is 4.99 Å². The van der Waals surface area contributed by atoms with E-state index in [1.807, 2.05) is 19.9 Å². The highest BCUT2D eigenvalue weighted by Gasteiger charge is 2.09. The number of hydrogen-bond acceptors (Lipinski definition) is 4. The molecule has 136 valence electrons. The van der Waals surface area contributed by atoms with Crippen LogP contribution >= 0.6 is 0 Å². The third-order valence-electron chi connectivity index (χ3n) is 4.04. The Hall–Kier alpha value is -2.50. The molecule has 1 aromatic heterocycles. The minimum atomic E-state index is 0.560. The maximum absolute atomic E-state index is 5.45. The first-order valence-corrected chi connectivity index (χ1v) is 8.62. The smallest absolute Gasteiger partial charge is 0.191 e. The average molecular weight is 344 g/mol. The molecule has 0 unspecified atom stereocenters. The fourth-order valence-electron chi connectivity index (χ4n) is 2.65. The number of benzene rings is 1. The van der Waals surface area contributed by atoms with Gasteiger partial charge in [-0.15, -0.1) is 0 Å². The second-order valence-corrected chi connectivity index (χ2v) is 5.99. The molecule has 6 heteroatoms. The van der Waals surface area contributed by atoms with Crippen molar-refractivity contribution in [3.8, 4) is 5.75 Å². The quantitative estimate of drug-likeness (QED) is 0.597. The van der Waals surface area contributed by atoms with Gasteiger partial charge in [0, 0.05) is 24.2 Å². The van der Waals surface area contributed by atoms with Crippen LogP contribution in [0.5, 0.6) is 5.75 Å². The number of aromatic nitrogens is 1. The lowest BCUT2D eigenvalue weighted by Crippen LogP contribution is -2.38. The predicted molar refractivity (Wildman–Crippen MR) is 100 cm³/mol. The van der Waals surface area contributed by atoms with Crippen LogP contribution in [0.2, 0.25) is 0 Å². The number of aryl methyl sites for hydroxylation is 3. The van der Waals surface area contributed by atoms with Crippen LogP contribution in [-0.2, 0) is 13.0 Å². The molecule has 0 saturated carbocycles. The Morgan fingerprint density at radius 1 is 1.24 bits per heavy atom. The Labute approximate surface area is 149 Å². The minimum absolute atomic E-state index is 0.560. The Bertz CT molecular complexity index is 703. The monoisotopic (exact) mass is 344 g/mol. The van der Waals surface area contributed by atoms with Gasteiger partial charge >= 0.3 is 0 Å². The molecule has 0 spiro atoms. The molecule has 2 rings (SSSR count). The first kappa shape index (κ1) is 18.8. The summed E-state index contributed by atoms with van der Waals surface area (Å²) in [6.07, 6.45) is 0.847. The second-order valence-electron chi connectivity index (χ2n) is 5.99. The number of ether oxygens (including phenoxy) is 1. The van der Waals surface area contributed by atoms with Gasteiger partial charge in [0.15, 0.2) is 5.96 Å². The van der Waals surface area contributed by atoms with E-state index in [1.165, 1.54) is 5.56 Å². The second kappa shape index (κ2) is 9.11. The molecule has 1 heterocycles. The van der Waals surface area contributed by atoms with E-state index in [0.717, 1.165) is 53.8 Å². The third kappa shape index (κ3) is 5.24. The lowest BCUT2D eigenvalue weighted by Gasteiger charge is -2.12. The van der Waals surface area contributed by atoms with Crippen molar-refractivity contribution >= 4 is 5.96 Å². The molecule has 25 heavy (non-hydrogen) atoms. The van der Waals surface area contributed by atoms with E-state index in [2.05, 4.69) is 46.8 Å². The number of guanidine groups is 1. The number of methoxy groups -OCH3 is 1. The van der Waals surface area contributed by atoms with Gasteiger partial charge in [-0.05, 0) is 45.7 Å². The normalized spacial score (nSPS) is 11.5. The maximum atomic E-state index is 5.45. The van der Waals surface area contributed by atoms with Crippen LogP contribution < -0.4 is 15.4 Å². The first-order chi connectivity index (χ1) is 12.0. The number of hydrogen-bond donors (Lipinski definition) is 2. The van der Waals surface area contributed by atoms with Gasteiger partial charge in [-0.1, -0.05) is 17.3 Å². The summed E-state index contributed by atoms with van der Waals surface area (Å²) in [6, 6.07) is 6.17. The SMILES string of the molecule is CCNC(=NCc1ccc(C)cc1OC)NCCc1c(C)noc1C. The summed E-state index contributed by atoms with van der Waals surface area (Å²) < 4.78 is 10.7.